The molecular formula is C26H26BrNO4. The fourth-order valence-electron chi connectivity index (χ4n) is 5.29. The van der Waals surface area contributed by atoms with E-state index in [0.717, 1.165) is 28.5 Å². The molecule has 5 nitrogen and oxygen atoms in total. The first kappa shape index (κ1) is 21.3. The summed E-state index contributed by atoms with van der Waals surface area (Å²) < 4.78 is 12.9. The van der Waals surface area contributed by atoms with E-state index in [1.165, 1.54) is 11.3 Å². The minimum Gasteiger partial charge on any atom is -0.872 e. The quantitative estimate of drug-likeness (QED) is 0.551. The number of Topliss-reactive ketones (excluding diaryl/α,β-unsaturated/α-hetero) is 1. The Labute approximate surface area is 195 Å². The summed E-state index contributed by atoms with van der Waals surface area (Å²) in [5.41, 5.74) is 2.50. The molecule has 2 aliphatic rings. The number of allylic oxidation sites excluding steroid dienone is 1. The lowest BCUT2D eigenvalue weighted by Crippen LogP contribution is -3.13. The number of furan rings is 1. The van der Waals surface area contributed by atoms with Gasteiger partial charge in [-0.2, -0.15) is 0 Å². The second-order valence-corrected chi connectivity index (χ2v) is 10.3. The van der Waals surface area contributed by atoms with Crippen molar-refractivity contribution < 1.29 is 24.0 Å². The number of aryl methyl sites for hydroxylation is 1. The van der Waals surface area contributed by atoms with Gasteiger partial charge in [-0.1, -0.05) is 41.6 Å². The van der Waals surface area contributed by atoms with Gasteiger partial charge in [0, 0.05) is 33.3 Å². The molecule has 2 unspecified atom stereocenters. The second-order valence-electron chi connectivity index (χ2n) is 9.43. The summed E-state index contributed by atoms with van der Waals surface area (Å²) in [6.07, 6.45) is 2.84. The van der Waals surface area contributed by atoms with Gasteiger partial charge in [-0.3, -0.25) is 4.79 Å². The van der Waals surface area contributed by atoms with Crippen LogP contribution in [-0.2, 0) is 6.54 Å². The van der Waals surface area contributed by atoms with E-state index in [1.54, 1.807) is 19.1 Å². The fourth-order valence-corrected chi connectivity index (χ4v) is 5.67. The summed E-state index contributed by atoms with van der Waals surface area (Å²) in [4.78, 5) is 14.6. The Balaban J connectivity index is 1.49. The normalized spacial score (nSPS) is 24.2. The topological polar surface area (TPSA) is 66.9 Å². The van der Waals surface area contributed by atoms with Crippen LogP contribution in [0.4, 0.5) is 0 Å². The van der Waals surface area contributed by atoms with Crippen LogP contribution in [0.1, 0.15) is 47.5 Å². The third-order valence-corrected chi connectivity index (χ3v) is 6.97. The molecule has 3 aromatic rings. The first-order chi connectivity index (χ1) is 15.3. The van der Waals surface area contributed by atoms with Gasteiger partial charge in [0.1, 0.15) is 23.6 Å². The number of carbonyl (C=O) groups excluding carboxylic acids is 1. The number of fused-ring (bicyclic) bond motifs is 2. The average Bonchev–Trinajstić information content (AvgIpc) is 3.25. The molecule has 1 N–H and O–H groups in total. The van der Waals surface area contributed by atoms with Crippen molar-refractivity contribution in [2.45, 2.75) is 33.7 Å². The molecule has 2 aliphatic heterocycles. The maximum atomic E-state index is 13.2. The molecule has 32 heavy (non-hydrogen) atoms. The predicted molar refractivity (Wildman–Crippen MR) is 125 cm³/mol. The van der Waals surface area contributed by atoms with Crippen molar-refractivity contribution in [1.82, 2.24) is 0 Å². The number of halogens is 1. The number of ether oxygens (including phenoxy) is 1. The Kier molecular flexibility index (Phi) is 5.38. The van der Waals surface area contributed by atoms with Crippen molar-refractivity contribution in [2.75, 3.05) is 13.1 Å². The lowest BCUT2D eigenvalue weighted by atomic mass is 9.91. The van der Waals surface area contributed by atoms with Crippen LogP contribution in [0.25, 0.3) is 17.0 Å². The van der Waals surface area contributed by atoms with Crippen LogP contribution < -0.4 is 14.7 Å². The Morgan fingerprint density at radius 1 is 1.19 bits per heavy atom. The molecule has 1 fully saturated rings. The standard InChI is InChI=1S/C26H26BrNO4/c1-14-6-15(2)12-28(11-14)13-20-21(29)7-16(3)24-25(30)23(32-26(20)24)10-19-9-17-8-18(27)4-5-22(17)31-19/h4-5,7-10,14-15,29H,6,11-13H2,1-3H3/b23-10-. The van der Waals surface area contributed by atoms with Crippen molar-refractivity contribution in [3.05, 3.63) is 63.0 Å². The van der Waals surface area contributed by atoms with Gasteiger partial charge in [0.15, 0.2) is 5.76 Å². The average molecular weight is 496 g/mol. The summed E-state index contributed by atoms with van der Waals surface area (Å²) in [7, 11) is 0. The third kappa shape index (κ3) is 3.86. The largest absolute Gasteiger partial charge is 0.872 e. The van der Waals surface area contributed by atoms with Gasteiger partial charge in [-0.15, -0.1) is 0 Å². The van der Waals surface area contributed by atoms with Crippen molar-refractivity contribution in [3.8, 4) is 11.5 Å². The molecule has 5 rings (SSSR count). The minimum absolute atomic E-state index is 0.0535. The number of hydrogen-bond donors (Lipinski definition) is 1. The van der Waals surface area contributed by atoms with Crippen molar-refractivity contribution in [2.24, 2.45) is 11.8 Å². The first-order valence-electron chi connectivity index (χ1n) is 11.1. The Bertz CT molecular complexity index is 1250. The summed E-state index contributed by atoms with van der Waals surface area (Å²) >= 11 is 3.46. The van der Waals surface area contributed by atoms with E-state index in [9.17, 15) is 9.90 Å². The Morgan fingerprint density at radius 3 is 2.69 bits per heavy atom. The summed E-state index contributed by atoms with van der Waals surface area (Å²) in [5.74, 6) is 2.16. The lowest BCUT2D eigenvalue weighted by Gasteiger charge is -2.33. The van der Waals surface area contributed by atoms with Crippen molar-refractivity contribution >= 4 is 38.8 Å². The molecule has 0 aliphatic carbocycles. The van der Waals surface area contributed by atoms with E-state index in [2.05, 4.69) is 29.8 Å². The molecule has 1 aromatic heterocycles. The number of benzene rings is 2. The maximum Gasteiger partial charge on any atom is 0.232 e. The van der Waals surface area contributed by atoms with Gasteiger partial charge in [0.05, 0.1) is 18.7 Å². The molecule has 3 heterocycles. The summed E-state index contributed by atoms with van der Waals surface area (Å²) in [6.45, 7) is 8.95. The monoisotopic (exact) mass is 495 g/mol. The molecule has 0 spiro atoms. The molecule has 1 saturated heterocycles. The van der Waals surface area contributed by atoms with Gasteiger partial charge in [-0.05, 0) is 43.2 Å². The zero-order chi connectivity index (χ0) is 22.6. The maximum absolute atomic E-state index is 13.2. The van der Waals surface area contributed by atoms with Crippen LogP contribution in [0, 0.1) is 18.8 Å². The number of rotatable bonds is 3. The number of ketones is 1. The second kappa shape index (κ2) is 8.09. The predicted octanol–water partition coefficient (Wildman–Crippen LogP) is 4.25. The Morgan fingerprint density at radius 2 is 1.94 bits per heavy atom. The highest BCUT2D eigenvalue weighted by atomic mass is 79.9. The van der Waals surface area contributed by atoms with Gasteiger partial charge in [0.25, 0.3) is 0 Å². The molecule has 0 saturated carbocycles. The Hall–Kier alpha value is -2.57. The smallest absolute Gasteiger partial charge is 0.232 e. The molecule has 166 valence electrons. The number of quaternary nitrogens is 1. The highest BCUT2D eigenvalue weighted by Crippen LogP contribution is 2.41. The van der Waals surface area contributed by atoms with Crippen molar-refractivity contribution in [1.29, 1.82) is 0 Å². The number of hydrogen-bond acceptors (Lipinski definition) is 4. The SMILES string of the molecule is Cc1cc([O-])c(C[NH+]2CC(C)CC(C)C2)c2c1C(=O)/C(=C/c1cc3cc(Br)ccc3o1)O2. The summed E-state index contributed by atoms with van der Waals surface area (Å²) in [6, 6.07) is 9.20. The minimum atomic E-state index is -0.198. The fraction of sp³-hybridized carbons (Fsp3) is 0.346. The van der Waals surface area contributed by atoms with E-state index in [1.807, 2.05) is 24.3 Å². The van der Waals surface area contributed by atoms with Gasteiger partial charge < -0.3 is 19.2 Å². The van der Waals surface area contributed by atoms with E-state index < -0.39 is 0 Å². The van der Waals surface area contributed by atoms with Crippen LogP contribution in [0.2, 0.25) is 0 Å². The van der Waals surface area contributed by atoms with Gasteiger partial charge >= 0.3 is 0 Å². The third-order valence-electron chi connectivity index (χ3n) is 6.48. The molecular weight excluding hydrogens is 470 g/mol. The molecule has 0 bridgehead atoms. The lowest BCUT2D eigenvalue weighted by molar-refractivity contribution is -0.925. The number of piperidine rings is 1. The van der Waals surface area contributed by atoms with Crippen LogP contribution in [0.5, 0.6) is 11.5 Å². The van der Waals surface area contributed by atoms with E-state index >= 15 is 0 Å². The van der Waals surface area contributed by atoms with E-state index in [4.69, 9.17) is 9.15 Å². The zero-order valence-corrected chi connectivity index (χ0v) is 20.0. The molecule has 6 heteroatoms. The van der Waals surface area contributed by atoms with Crippen molar-refractivity contribution in [3.63, 3.8) is 0 Å². The van der Waals surface area contributed by atoms with Gasteiger partial charge in [-0.25, -0.2) is 0 Å². The van der Waals surface area contributed by atoms with Gasteiger partial charge in [0.2, 0.25) is 5.78 Å². The van der Waals surface area contributed by atoms with Crippen LogP contribution in [-0.4, -0.2) is 18.9 Å². The summed E-state index contributed by atoms with van der Waals surface area (Å²) in [5, 5.41) is 13.8. The molecule has 2 atom stereocenters. The van der Waals surface area contributed by atoms with Crippen LogP contribution in [0.15, 0.2) is 45.0 Å². The van der Waals surface area contributed by atoms with E-state index in [-0.39, 0.29) is 17.3 Å². The number of nitrogens with one attached hydrogen (secondary N) is 1. The first-order valence-corrected chi connectivity index (χ1v) is 11.9. The number of likely N-dealkylation sites (tertiary alicyclic amines) is 1. The van der Waals surface area contributed by atoms with Crippen LogP contribution in [0.3, 0.4) is 0 Å². The highest BCUT2D eigenvalue weighted by Gasteiger charge is 2.34. The molecule has 0 amide bonds. The highest BCUT2D eigenvalue weighted by molar-refractivity contribution is 9.10. The molecule has 0 radical (unpaired) electrons. The zero-order valence-electron chi connectivity index (χ0n) is 18.5. The number of carbonyl (C=O) groups is 1. The molecule has 2 aromatic carbocycles. The van der Waals surface area contributed by atoms with E-state index in [0.29, 0.717) is 46.6 Å². The van der Waals surface area contributed by atoms with Crippen LogP contribution >= 0.6 is 15.9 Å².